The van der Waals surface area contributed by atoms with E-state index in [0.717, 1.165) is 12.0 Å². The van der Waals surface area contributed by atoms with E-state index in [4.69, 9.17) is 0 Å². The molecule has 0 aromatic heterocycles. The SMILES string of the molecule is CCC(C)[N+](C)(CC)CCN(CC)C(C)C(C)C. The van der Waals surface area contributed by atoms with Crippen LogP contribution in [0.5, 0.6) is 0 Å². The van der Waals surface area contributed by atoms with Crippen LogP contribution in [0.15, 0.2) is 0 Å². The maximum Gasteiger partial charge on any atom is 0.0915 e. The molecule has 0 bridgehead atoms. The highest BCUT2D eigenvalue weighted by molar-refractivity contribution is 4.69. The Balaban J connectivity index is 4.50. The second-order valence-corrected chi connectivity index (χ2v) is 6.39. The van der Waals surface area contributed by atoms with Gasteiger partial charge in [0.25, 0.3) is 0 Å². The highest BCUT2D eigenvalue weighted by Gasteiger charge is 2.27. The third-order valence-electron chi connectivity index (χ3n) is 5.22. The molecule has 18 heavy (non-hydrogen) atoms. The highest BCUT2D eigenvalue weighted by atomic mass is 15.4. The van der Waals surface area contributed by atoms with Crippen LogP contribution in [-0.4, -0.2) is 54.7 Å². The van der Waals surface area contributed by atoms with Gasteiger partial charge in [-0.25, -0.2) is 0 Å². The standard InChI is InChI=1S/C16H37N2/c1-9-15(6)18(8,11-3)13-12-17(10-2)16(7)14(4)5/h14-16H,9-13H2,1-8H3/q+1. The molecule has 0 spiro atoms. The summed E-state index contributed by atoms with van der Waals surface area (Å²) in [5, 5.41) is 0. The molecule has 0 aliphatic rings. The fourth-order valence-electron chi connectivity index (χ4n) is 2.56. The number of hydrogen-bond donors (Lipinski definition) is 0. The molecule has 110 valence electrons. The quantitative estimate of drug-likeness (QED) is 0.570. The van der Waals surface area contributed by atoms with Gasteiger partial charge in [0, 0.05) is 12.6 Å². The van der Waals surface area contributed by atoms with Crippen LogP contribution in [0.4, 0.5) is 0 Å². The number of hydrogen-bond acceptors (Lipinski definition) is 1. The van der Waals surface area contributed by atoms with Crippen LogP contribution < -0.4 is 0 Å². The molecule has 0 aliphatic heterocycles. The predicted octanol–water partition coefficient (Wildman–Crippen LogP) is 3.62. The normalized spacial score (nSPS) is 19.0. The lowest BCUT2D eigenvalue weighted by Crippen LogP contribution is -2.55. The van der Waals surface area contributed by atoms with Crippen molar-refractivity contribution < 1.29 is 4.48 Å². The van der Waals surface area contributed by atoms with Crippen molar-refractivity contribution in [1.29, 1.82) is 0 Å². The molecule has 3 atom stereocenters. The van der Waals surface area contributed by atoms with Crippen molar-refractivity contribution in [1.82, 2.24) is 4.90 Å². The Morgan fingerprint density at radius 3 is 1.89 bits per heavy atom. The summed E-state index contributed by atoms with van der Waals surface area (Å²) in [5.74, 6) is 0.744. The van der Waals surface area contributed by atoms with Crippen LogP contribution in [0.25, 0.3) is 0 Å². The van der Waals surface area contributed by atoms with E-state index in [0.29, 0.717) is 6.04 Å². The van der Waals surface area contributed by atoms with Crippen molar-refractivity contribution in [2.75, 3.05) is 33.2 Å². The highest BCUT2D eigenvalue weighted by Crippen LogP contribution is 2.15. The summed E-state index contributed by atoms with van der Waals surface area (Å²) in [6.07, 6.45) is 1.27. The molecule has 0 radical (unpaired) electrons. The minimum absolute atomic E-state index is 0.692. The van der Waals surface area contributed by atoms with Crippen LogP contribution in [0.1, 0.15) is 54.9 Å². The minimum Gasteiger partial charge on any atom is -0.323 e. The molecule has 0 amide bonds. The summed E-state index contributed by atoms with van der Waals surface area (Å²) < 4.78 is 1.21. The predicted molar refractivity (Wildman–Crippen MR) is 82.9 cm³/mol. The van der Waals surface area contributed by atoms with E-state index >= 15 is 0 Å². The van der Waals surface area contributed by atoms with Crippen LogP contribution in [0.3, 0.4) is 0 Å². The molecule has 0 saturated carbocycles. The van der Waals surface area contributed by atoms with Crippen LogP contribution in [0.2, 0.25) is 0 Å². The fourth-order valence-corrected chi connectivity index (χ4v) is 2.56. The van der Waals surface area contributed by atoms with E-state index in [9.17, 15) is 0 Å². The lowest BCUT2D eigenvalue weighted by Gasteiger charge is -2.41. The average molecular weight is 257 g/mol. The first-order valence-corrected chi connectivity index (χ1v) is 7.90. The molecular formula is C16H37N2+. The van der Waals surface area contributed by atoms with Crippen LogP contribution in [0, 0.1) is 5.92 Å². The zero-order valence-electron chi connectivity index (χ0n) is 14.2. The smallest absolute Gasteiger partial charge is 0.0915 e. The van der Waals surface area contributed by atoms with Crippen molar-refractivity contribution in [3.8, 4) is 0 Å². The third kappa shape index (κ3) is 4.89. The molecule has 0 fully saturated rings. The van der Waals surface area contributed by atoms with Gasteiger partial charge in [-0.1, -0.05) is 27.7 Å². The lowest BCUT2D eigenvalue weighted by molar-refractivity contribution is -0.929. The third-order valence-corrected chi connectivity index (χ3v) is 5.22. The Morgan fingerprint density at radius 1 is 1.00 bits per heavy atom. The van der Waals surface area contributed by atoms with E-state index in [1.165, 1.54) is 37.1 Å². The van der Waals surface area contributed by atoms with Crippen molar-refractivity contribution in [3.05, 3.63) is 0 Å². The first-order valence-electron chi connectivity index (χ1n) is 7.90. The largest absolute Gasteiger partial charge is 0.323 e. The van der Waals surface area contributed by atoms with Crippen LogP contribution in [-0.2, 0) is 0 Å². The van der Waals surface area contributed by atoms with Gasteiger partial charge < -0.3 is 4.48 Å². The van der Waals surface area contributed by atoms with Gasteiger partial charge in [0.1, 0.15) is 0 Å². The van der Waals surface area contributed by atoms with Gasteiger partial charge in [0.05, 0.1) is 26.2 Å². The molecule has 3 unspecified atom stereocenters. The Morgan fingerprint density at radius 2 is 1.56 bits per heavy atom. The van der Waals surface area contributed by atoms with Gasteiger partial charge in [0.15, 0.2) is 0 Å². The van der Waals surface area contributed by atoms with Gasteiger partial charge in [-0.15, -0.1) is 0 Å². The molecule has 0 aliphatic carbocycles. The van der Waals surface area contributed by atoms with Gasteiger partial charge in [-0.05, 0) is 39.7 Å². The Labute approximate surface area is 116 Å². The van der Waals surface area contributed by atoms with E-state index in [-0.39, 0.29) is 0 Å². The molecule has 0 aromatic carbocycles. The molecule has 2 heteroatoms. The summed E-state index contributed by atoms with van der Waals surface area (Å²) in [4.78, 5) is 2.64. The zero-order valence-corrected chi connectivity index (χ0v) is 14.2. The molecule has 2 nitrogen and oxygen atoms in total. The number of likely N-dealkylation sites (N-methyl/N-ethyl adjacent to an activating group) is 2. The van der Waals surface area contributed by atoms with E-state index in [1.54, 1.807) is 0 Å². The minimum atomic E-state index is 0.692. The molecule has 0 N–H and O–H groups in total. The van der Waals surface area contributed by atoms with Crippen molar-refractivity contribution in [3.63, 3.8) is 0 Å². The Kier molecular flexibility index (Phi) is 8.13. The summed E-state index contributed by atoms with van der Waals surface area (Å²) >= 11 is 0. The maximum absolute atomic E-state index is 2.64. The number of quaternary nitrogens is 1. The number of rotatable bonds is 9. The first kappa shape index (κ1) is 17.9. The fraction of sp³-hybridized carbons (Fsp3) is 1.00. The molecule has 0 saturated heterocycles. The average Bonchev–Trinajstić information content (AvgIpc) is 2.37. The first-order chi connectivity index (χ1) is 8.32. The summed E-state index contributed by atoms with van der Waals surface area (Å²) in [6.45, 7) is 21.3. The van der Waals surface area contributed by atoms with Gasteiger partial charge in [0.2, 0.25) is 0 Å². The van der Waals surface area contributed by atoms with E-state index in [2.05, 4.69) is 60.4 Å². The maximum atomic E-state index is 2.64. The Bertz CT molecular complexity index is 215. The second kappa shape index (κ2) is 8.16. The second-order valence-electron chi connectivity index (χ2n) is 6.39. The van der Waals surface area contributed by atoms with E-state index < -0.39 is 0 Å². The topological polar surface area (TPSA) is 3.24 Å². The van der Waals surface area contributed by atoms with Crippen molar-refractivity contribution in [2.45, 2.75) is 67.0 Å². The summed E-state index contributed by atoms with van der Waals surface area (Å²) in [5.41, 5.74) is 0. The van der Waals surface area contributed by atoms with E-state index in [1.807, 2.05) is 0 Å². The molecule has 0 heterocycles. The van der Waals surface area contributed by atoms with Crippen LogP contribution >= 0.6 is 0 Å². The monoisotopic (exact) mass is 257 g/mol. The summed E-state index contributed by atoms with van der Waals surface area (Å²) in [6, 6.07) is 1.46. The summed E-state index contributed by atoms with van der Waals surface area (Å²) in [7, 11) is 2.42. The molecule has 0 aromatic rings. The van der Waals surface area contributed by atoms with Gasteiger partial charge in [-0.2, -0.15) is 0 Å². The zero-order chi connectivity index (χ0) is 14.3. The Hall–Kier alpha value is -0.0800. The number of nitrogens with zero attached hydrogens (tertiary/aromatic N) is 2. The van der Waals surface area contributed by atoms with Gasteiger partial charge in [-0.3, -0.25) is 4.90 Å². The molecular weight excluding hydrogens is 220 g/mol. The lowest BCUT2D eigenvalue weighted by atomic mass is 10.0. The van der Waals surface area contributed by atoms with Gasteiger partial charge >= 0.3 is 0 Å². The van der Waals surface area contributed by atoms with Crippen molar-refractivity contribution in [2.24, 2.45) is 5.92 Å². The molecule has 0 rings (SSSR count). The van der Waals surface area contributed by atoms with Crippen molar-refractivity contribution >= 4 is 0 Å².